The first-order chi connectivity index (χ1) is 28.5. The fourth-order valence-electron chi connectivity index (χ4n) is 6.99. The van der Waals surface area contributed by atoms with Crippen LogP contribution in [-0.2, 0) is 52.3 Å². The van der Waals surface area contributed by atoms with Crippen LogP contribution in [-0.4, -0.2) is 24.5 Å². The van der Waals surface area contributed by atoms with Crippen molar-refractivity contribution in [2.45, 2.75) is 52.4 Å². The molecular weight excluding hydrogens is 1030 g/mol. The molecule has 9 aromatic rings. The molecule has 4 aromatic heterocycles. The maximum absolute atomic E-state index is 6.40. The molecule has 0 amide bonds. The molecular formula is C52H41N5O2PdPt. The molecule has 0 saturated carbocycles. The first kappa shape index (κ1) is 43.3. The zero-order valence-electron chi connectivity index (χ0n) is 34.5. The third kappa shape index (κ3) is 9.28. The van der Waals surface area contributed by atoms with Crippen LogP contribution in [0.2, 0.25) is 0 Å². The maximum Gasteiger partial charge on any atom is 2.00 e. The molecule has 0 aliphatic rings. The van der Waals surface area contributed by atoms with Crippen LogP contribution < -0.4 is 9.47 Å². The van der Waals surface area contributed by atoms with Crippen molar-refractivity contribution in [2.75, 3.05) is 0 Å². The molecule has 5 aromatic carbocycles. The Balaban J connectivity index is 0.00000281. The molecule has 9 heteroatoms. The molecule has 0 aliphatic heterocycles. The molecule has 0 aliphatic carbocycles. The molecule has 306 valence electrons. The number of benzene rings is 5. The van der Waals surface area contributed by atoms with E-state index >= 15 is 0 Å². The van der Waals surface area contributed by atoms with Crippen molar-refractivity contribution in [3.05, 3.63) is 175 Å². The summed E-state index contributed by atoms with van der Waals surface area (Å²) in [4.78, 5) is 19.0. The van der Waals surface area contributed by atoms with Crippen molar-refractivity contribution in [1.82, 2.24) is 24.5 Å². The Morgan fingerprint density at radius 1 is 0.475 bits per heavy atom. The molecule has 0 radical (unpaired) electrons. The van der Waals surface area contributed by atoms with Gasteiger partial charge >= 0.3 is 41.5 Å². The number of ether oxygens (including phenoxy) is 2. The van der Waals surface area contributed by atoms with E-state index < -0.39 is 0 Å². The van der Waals surface area contributed by atoms with Gasteiger partial charge in [0, 0.05) is 53.3 Å². The van der Waals surface area contributed by atoms with Gasteiger partial charge in [0.05, 0.1) is 0 Å². The summed E-state index contributed by atoms with van der Waals surface area (Å²) in [5, 5.41) is 1.87. The first-order valence-corrected chi connectivity index (χ1v) is 19.6. The minimum absolute atomic E-state index is 0. The second kappa shape index (κ2) is 17.7. The van der Waals surface area contributed by atoms with Crippen molar-refractivity contribution in [3.63, 3.8) is 0 Å². The summed E-state index contributed by atoms with van der Waals surface area (Å²) < 4.78 is 14.8. The maximum atomic E-state index is 6.40. The standard InChI is InChI=1S/C52H41N5O2.Pd.Pt/c1-51(2,3)38-25-36(26-39(29-38)52(4,5)6)37-32-55-50(56-33-37)57-48-30-42(58-40-15-11-13-34(27-40)46-17-7-9-23-53-46)19-21-44(48)45-22-20-43(31-49(45)57)59-41-16-12-14-35(28-41)47-18-8-10-24-54-47;;/h7-26,29,32-33H,1-6H3;;/q-4;2*+2. The Labute approximate surface area is 385 Å². The van der Waals surface area contributed by atoms with E-state index in [4.69, 9.17) is 19.4 Å². The van der Waals surface area contributed by atoms with E-state index in [1.165, 1.54) is 11.1 Å². The van der Waals surface area contributed by atoms with Crippen molar-refractivity contribution in [3.8, 4) is 62.6 Å². The Bertz CT molecular complexity index is 2780. The molecule has 61 heavy (non-hydrogen) atoms. The average molecular weight is 1070 g/mol. The van der Waals surface area contributed by atoms with E-state index in [2.05, 4.69) is 94.0 Å². The number of nitrogens with zero attached hydrogens (tertiary/aromatic N) is 5. The quantitative estimate of drug-likeness (QED) is 0.111. The summed E-state index contributed by atoms with van der Waals surface area (Å²) in [6, 6.07) is 51.6. The van der Waals surface area contributed by atoms with Crippen LogP contribution in [0.5, 0.6) is 23.0 Å². The monoisotopic (exact) mass is 1070 g/mol. The van der Waals surface area contributed by atoms with Crippen molar-refractivity contribution in [2.24, 2.45) is 0 Å². The third-order valence-electron chi connectivity index (χ3n) is 10.2. The zero-order valence-corrected chi connectivity index (χ0v) is 38.3. The summed E-state index contributed by atoms with van der Waals surface area (Å²) >= 11 is 0. The van der Waals surface area contributed by atoms with Gasteiger partial charge in [-0.15, -0.1) is 71.8 Å². The van der Waals surface area contributed by atoms with E-state index in [1.54, 1.807) is 12.4 Å². The van der Waals surface area contributed by atoms with E-state index in [0.717, 1.165) is 55.4 Å². The number of pyridine rings is 2. The SMILES string of the molecule is CC(C)(C)c1cc(-c2cnc(-n3c4[c-]c(Oc5[c-]c(-c6ccccn6)ccc5)ccc4c4ccc(Oc5[c-]c(-c6ccccn6)ccc5)[c-]c43)nc2)cc(C(C)(C)C)c1.[Pd+2].[Pt+2]. The largest absolute Gasteiger partial charge is 2.00 e. The van der Waals surface area contributed by atoms with Gasteiger partial charge in [0.2, 0.25) is 5.95 Å². The summed E-state index contributed by atoms with van der Waals surface area (Å²) in [6.45, 7) is 13.5. The summed E-state index contributed by atoms with van der Waals surface area (Å²) in [5.74, 6) is 2.58. The van der Waals surface area contributed by atoms with E-state index in [1.807, 2.05) is 114 Å². The Morgan fingerprint density at radius 2 is 0.934 bits per heavy atom. The fourth-order valence-corrected chi connectivity index (χ4v) is 6.99. The molecule has 7 nitrogen and oxygen atoms in total. The third-order valence-corrected chi connectivity index (χ3v) is 10.2. The summed E-state index contributed by atoms with van der Waals surface area (Å²) in [5.41, 5.74) is 9.23. The number of aromatic nitrogens is 5. The van der Waals surface area contributed by atoms with Gasteiger partial charge in [0.1, 0.15) is 0 Å². The molecule has 0 saturated heterocycles. The van der Waals surface area contributed by atoms with Gasteiger partial charge in [-0.2, -0.15) is 22.9 Å². The number of hydrogen-bond acceptors (Lipinski definition) is 6. The molecule has 0 N–H and O–H groups in total. The first-order valence-electron chi connectivity index (χ1n) is 19.6. The zero-order chi connectivity index (χ0) is 40.7. The van der Waals surface area contributed by atoms with Crippen LogP contribution in [0.4, 0.5) is 0 Å². The van der Waals surface area contributed by atoms with Gasteiger partial charge in [-0.1, -0.05) is 107 Å². The van der Waals surface area contributed by atoms with Crippen LogP contribution in [0.25, 0.3) is 61.4 Å². The second-order valence-corrected chi connectivity index (χ2v) is 16.6. The Morgan fingerprint density at radius 3 is 1.36 bits per heavy atom. The normalized spacial score (nSPS) is 11.5. The van der Waals surface area contributed by atoms with E-state index in [-0.39, 0.29) is 52.3 Å². The molecule has 9 rings (SSSR count). The van der Waals surface area contributed by atoms with Crippen molar-refractivity contribution < 1.29 is 51.0 Å². The van der Waals surface area contributed by atoms with Crippen molar-refractivity contribution >= 4 is 21.8 Å². The Kier molecular flexibility index (Phi) is 12.6. The predicted octanol–water partition coefficient (Wildman–Crippen LogP) is 12.7. The number of hydrogen-bond donors (Lipinski definition) is 0. The summed E-state index contributed by atoms with van der Waals surface area (Å²) in [6.07, 6.45) is 7.32. The van der Waals surface area contributed by atoms with Crippen molar-refractivity contribution in [1.29, 1.82) is 0 Å². The number of fused-ring (bicyclic) bond motifs is 3. The molecule has 0 bridgehead atoms. The summed E-state index contributed by atoms with van der Waals surface area (Å²) in [7, 11) is 0. The molecule has 0 fully saturated rings. The van der Waals surface area contributed by atoms with Crippen LogP contribution in [0.3, 0.4) is 0 Å². The van der Waals surface area contributed by atoms with Crippen LogP contribution >= 0.6 is 0 Å². The smallest absolute Gasteiger partial charge is 0.503 e. The average Bonchev–Trinajstić information content (AvgIpc) is 3.56. The van der Waals surface area contributed by atoms with Gasteiger partial charge in [0.15, 0.2) is 0 Å². The van der Waals surface area contributed by atoms with Crippen LogP contribution in [0, 0.1) is 24.3 Å². The number of rotatable bonds is 8. The topological polar surface area (TPSA) is 75.0 Å². The van der Waals surface area contributed by atoms with Gasteiger partial charge in [-0.25, -0.2) is 9.97 Å². The fraction of sp³-hybridized carbons (Fsp3) is 0.154. The second-order valence-electron chi connectivity index (χ2n) is 16.6. The van der Waals surface area contributed by atoms with Gasteiger partial charge < -0.3 is 24.0 Å². The molecule has 4 heterocycles. The Hall–Kier alpha value is -5.77. The van der Waals surface area contributed by atoms with Crippen LogP contribution in [0.15, 0.2) is 140 Å². The van der Waals surface area contributed by atoms with Gasteiger partial charge in [-0.05, 0) is 51.0 Å². The predicted molar refractivity (Wildman–Crippen MR) is 234 cm³/mol. The van der Waals surface area contributed by atoms with Gasteiger partial charge in [0.25, 0.3) is 0 Å². The molecule has 0 atom stereocenters. The van der Waals surface area contributed by atoms with E-state index in [9.17, 15) is 0 Å². The van der Waals surface area contributed by atoms with Gasteiger partial charge in [-0.3, -0.25) is 0 Å². The molecule has 0 unspecified atom stereocenters. The minimum atomic E-state index is -0.0277. The minimum Gasteiger partial charge on any atom is -0.503 e. The van der Waals surface area contributed by atoms with E-state index in [0.29, 0.717) is 28.9 Å². The van der Waals surface area contributed by atoms with Crippen LogP contribution in [0.1, 0.15) is 52.7 Å². The molecule has 0 spiro atoms.